The van der Waals surface area contributed by atoms with Gasteiger partial charge in [-0.05, 0) is 40.5 Å². The lowest BCUT2D eigenvalue weighted by molar-refractivity contribution is -0.146. The lowest BCUT2D eigenvalue weighted by Crippen LogP contribution is -2.57. The Morgan fingerprint density at radius 1 is 1.00 bits per heavy atom. The van der Waals surface area contributed by atoms with E-state index >= 15 is 0 Å². The van der Waals surface area contributed by atoms with Crippen molar-refractivity contribution in [3.05, 3.63) is 59.7 Å². The van der Waals surface area contributed by atoms with Crippen molar-refractivity contribution >= 4 is 18.0 Å². The Morgan fingerprint density at radius 3 is 2.06 bits per heavy atom. The average molecular weight is 451 g/mol. The van der Waals surface area contributed by atoms with E-state index in [-0.39, 0.29) is 24.5 Å². The van der Waals surface area contributed by atoms with Gasteiger partial charge < -0.3 is 20.5 Å². The number of rotatable bonds is 6. The molecule has 3 N–H and O–H groups in total. The summed E-state index contributed by atoms with van der Waals surface area (Å²) in [6, 6.07) is 15.2. The number of carbonyl (C=O) groups excluding carboxylic acids is 2. The molecule has 174 valence electrons. The molecule has 2 aromatic rings. The van der Waals surface area contributed by atoms with Crippen LogP contribution in [0.3, 0.4) is 0 Å². The van der Waals surface area contributed by atoms with Crippen molar-refractivity contribution in [2.24, 2.45) is 11.3 Å². The van der Waals surface area contributed by atoms with Crippen LogP contribution in [-0.4, -0.2) is 41.8 Å². The Balaban J connectivity index is 1.39. The maximum absolute atomic E-state index is 12.9. The summed E-state index contributed by atoms with van der Waals surface area (Å²) >= 11 is 0. The van der Waals surface area contributed by atoms with Crippen molar-refractivity contribution < 1.29 is 24.2 Å². The first-order chi connectivity index (χ1) is 15.6. The molecular formula is C26H30N2O5. The summed E-state index contributed by atoms with van der Waals surface area (Å²) < 4.78 is 5.60. The predicted molar refractivity (Wildman–Crippen MR) is 124 cm³/mol. The highest BCUT2D eigenvalue weighted by Crippen LogP contribution is 2.44. The highest BCUT2D eigenvalue weighted by Gasteiger charge is 2.39. The Morgan fingerprint density at radius 2 is 1.55 bits per heavy atom. The molecule has 2 aliphatic carbocycles. The fourth-order valence-electron chi connectivity index (χ4n) is 4.66. The molecule has 0 bridgehead atoms. The van der Waals surface area contributed by atoms with Gasteiger partial charge in [-0.15, -0.1) is 0 Å². The van der Waals surface area contributed by atoms with Crippen LogP contribution in [0.2, 0.25) is 0 Å². The second kappa shape index (κ2) is 8.89. The zero-order chi connectivity index (χ0) is 23.8. The highest BCUT2D eigenvalue weighted by atomic mass is 16.5. The van der Waals surface area contributed by atoms with E-state index in [1.165, 1.54) is 0 Å². The minimum absolute atomic E-state index is 0.0620. The molecule has 0 aliphatic heterocycles. The van der Waals surface area contributed by atoms with Crippen LogP contribution < -0.4 is 10.6 Å². The fraction of sp³-hybridized carbons (Fsp3) is 0.423. The summed E-state index contributed by atoms with van der Waals surface area (Å²) in [5.74, 6) is -1.65. The van der Waals surface area contributed by atoms with E-state index in [9.17, 15) is 14.4 Å². The van der Waals surface area contributed by atoms with Gasteiger partial charge in [0.15, 0.2) is 0 Å². The quantitative estimate of drug-likeness (QED) is 0.619. The number of carboxylic acid groups (broad SMARTS) is 1. The Kier molecular flexibility index (Phi) is 6.15. The summed E-state index contributed by atoms with van der Waals surface area (Å²) in [6.45, 7) is 5.76. The zero-order valence-electron chi connectivity index (χ0n) is 19.1. The third-order valence-corrected chi connectivity index (χ3v) is 6.57. The molecule has 2 amide bonds. The first kappa shape index (κ1) is 22.8. The van der Waals surface area contributed by atoms with Crippen LogP contribution in [0.4, 0.5) is 4.79 Å². The molecule has 33 heavy (non-hydrogen) atoms. The Labute approximate surface area is 193 Å². The van der Waals surface area contributed by atoms with Crippen molar-refractivity contribution in [2.45, 2.75) is 51.6 Å². The second-order valence-corrected chi connectivity index (χ2v) is 9.98. The molecule has 1 fully saturated rings. The summed E-state index contributed by atoms with van der Waals surface area (Å²) in [5, 5.41) is 14.6. The highest BCUT2D eigenvalue weighted by molar-refractivity contribution is 5.87. The largest absolute Gasteiger partial charge is 0.481 e. The lowest BCUT2D eigenvalue weighted by Gasteiger charge is -2.36. The molecule has 0 spiro atoms. The van der Waals surface area contributed by atoms with E-state index in [0.717, 1.165) is 22.3 Å². The molecule has 1 saturated carbocycles. The van der Waals surface area contributed by atoms with Crippen LogP contribution in [0.25, 0.3) is 11.1 Å². The van der Waals surface area contributed by atoms with E-state index in [0.29, 0.717) is 12.8 Å². The summed E-state index contributed by atoms with van der Waals surface area (Å²) in [6.07, 6.45) is 0.162. The number of alkyl carbamates (subject to hydrolysis) is 1. The molecule has 0 saturated heterocycles. The number of fused-ring (bicyclic) bond motifs is 3. The molecule has 0 radical (unpaired) electrons. The third-order valence-electron chi connectivity index (χ3n) is 6.57. The van der Waals surface area contributed by atoms with Crippen LogP contribution in [0.1, 0.15) is 50.7 Å². The first-order valence-corrected chi connectivity index (χ1v) is 11.3. The van der Waals surface area contributed by atoms with Crippen molar-refractivity contribution in [3.63, 3.8) is 0 Å². The van der Waals surface area contributed by atoms with E-state index in [2.05, 4.69) is 34.9 Å². The fourth-order valence-corrected chi connectivity index (χ4v) is 4.66. The predicted octanol–water partition coefficient (Wildman–Crippen LogP) is 3.92. The van der Waals surface area contributed by atoms with Gasteiger partial charge >= 0.3 is 12.1 Å². The van der Waals surface area contributed by atoms with Gasteiger partial charge in [0.1, 0.15) is 12.6 Å². The first-order valence-electron chi connectivity index (χ1n) is 11.3. The van der Waals surface area contributed by atoms with Crippen molar-refractivity contribution in [2.75, 3.05) is 6.61 Å². The molecule has 2 aliphatic rings. The Bertz CT molecular complexity index is 1020. The van der Waals surface area contributed by atoms with Crippen LogP contribution >= 0.6 is 0 Å². The van der Waals surface area contributed by atoms with Crippen molar-refractivity contribution in [1.29, 1.82) is 0 Å². The van der Waals surface area contributed by atoms with Crippen LogP contribution in [0.5, 0.6) is 0 Å². The monoisotopic (exact) mass is 450 g/mol. The number of ether oxygens (including phenoxy) is 1. The SMILES string of the molecule is CC(C)(C)[C@H](NC(=O)OCC1c2ccccc2-c2ccccc21)C(=O)NC1CC(C(=O)O)C1. The minimum atomic E-state index is -0.843. The number of benzene rings is 2. The molecule has 7 heteroatoms. The van der Waals surface area contributed by atoms with Gasteiger partial charge in [0.05, 0.1) is 5.92 Å². The molecule has 0 heterocycles. The smallest absolute Gasteiger partial charge is 0.407 e. The Hall–Kier alpha value is -3.35. The lowest BCUT2D eigenvalue weighted by atomic mass is 9.79. The summed E-state index contributed by atoms with van der Waals surface area (Å²) in [4.78, 5) is 36.6. The van der Waals surface area contributed by atoms with E-state index < -0.39 is 29.4 Å². The van der Waals surface area contributed by atoms with E-state index in [1.807, 2.05) is 45.0 Å². The molecule has 2 aromatic carbocycles. The number of hydrogen-bond donors (Lipinski definition) is 3. The average Bonchev–Trinajstić information content (AvgIpc) is 3.05. The van der Waals surface area contributed by atoms with Crippen LogP contribution in [0.15, 0.2) is 48.5 Å². The molecule has 7 nitrogen and oxygen atoms in total. The molecular weight excluding hydrogens is 420 g/mol. The van der Waals surface area contributed by atoms with Gasteiger partial charge in [0.2, 0.25) is 5.91 Å². The van der Waals surface area contributed by atoms with E-state index in [4.69, 9.17) is 9.84 Å². The molecule has 4 rings (SSSR count). The topological polar surface area (TPSA) is 105 Å². The maximum Gasteiger partial charge on any atom is 0.407 e. The number of nitrogens with one attached hydrogen (secondary N) is 2. The number of hydrogen-bond acceptors (Lipinski definition) is 4. The van der Waals surface area contributed by atoms with Crippen LogP contribution in [0, 0.1) is 11.3 Å². The maximum atomic E-state index is 12.9. The van der Waals surface area contributed by atoms with Gasteiger partial charge in [0.25, 0.3) is 0 Å². The minimum Gasteiger partial charge on any atom is -0.481 e. The van der Waals surface area contributed by atoms with Gasteiger partial charge in [-0.3, -0.25) is 9.59 Å². The van der Waals surface area contributed by atoms with Gasteiger partial charge in [-0.1, -0.05) is 69.3 Å². The number of aliphatic carboxylic acids is 1. The normalized spacial score (nSPS) is 20.1. The van der Waals surface area contributed by atoms with Gasteiger partial charge in [0, 0.05) is 12.0 Å². The van der Waals surface area contributed by atoms with Gasteiger partial charge in [-0.25, -0.2) is 4.79 Å². The number of carboxylic acids is 1. The van der Waals surface area contributed by atoms with Crippen molar-refractivity contribution in [3.8, 4) is 11.1 Å². The molecule has 0 unspecified atom stereocenters. The number of carbonyl (C=O) groups is 3. The van der Waals surface area contributed by atoms with Crippen LogP contribution in [-0.2, 0) is 14.3 Å². The standard InChI is InChI=1S/C26H30N2O5/c1-26(2,3)22(23(29)27-16-12-15(13-16)24(30)31)28-25(32)33-14-21-19-10-6-4-8-17(19)18-9-5-7-11-20(18)21/h4-11,15-16,21-22H,12-14H2,1-3H3,(H,27,29)(H,28,32)(H,30,31)/t15?,16?,22-/m1/s1. The zero-order valence-corrected chi connectivity index (χ0v) is 19.1. The number of amides is 2. The second-order valence-electron chi connectivity index (χ2n) is 9.98. The van der Waals surface area contributed by atoms with E-state index in [1.54, 1.807) is 0 Å². The molecule has 1 atom stereocenters. The molecule has 0 aromatic heterocycles. The van der Waals surface area contributed by atoms with Crippen molar-refractivity contribution in [1.82, 2.24) is 10.6 Å². The van der Waals surface area contributed by atoms with Gasteiger partial charge in [-0.2, -0.15) is 0 Å². The summed E-state index contributed by atoms with van der Waals surface area (Å²) in [7, 11) is 0. The third kappa shape index (κ3) is 4.72. The summed E-state index contributed by atoms with van der Waals surface area (Å²) in [5.41, 5.74) is 3.98.